The van der Waals surface area contributed by atoms with Gasteiger partial charge < -0.3 is 0 Å². The van der Waals surface area contributed by atoms with Crippen LogP contribution in [-0.2, 0) is 33.7 Å². The van der Waals surface area contributed by atoms with E-state index in [2.05, 4.69) is 164 Å². The first-order chi connectivity index (χ1) is 24.2. The van der Waals surface area contributed by atoms with Gasteiger partial charge in [0.05, 0.1) is 0 Å². The van der Waals surface area contributed by atoms with Crippen molar-refractivity contribution in [2.24, 2.45) is 0 Å². The molecule has 0 bridgehead atoms. The standard InChI is InChI=1S/2C22H25.C2H6Si.2ClH.Zr/c2*1-4-5-7-17-14-20-8-6-9-21(22(20)15-17)19-12-10-18(11-13-19)16(2)3;1-3-2;;;/h2*6,8-16H,4-5,7H2,1-3H3;1-2H3;2*1H;/q2*-1;;;;+4/p-2. The molecule has 6 aromatic carbocycles. The zero-order valence-corrected chi connectivity index (χ0v) is 36.5. The third kappa shape index (κ3) is 12.5. The van der Waals surface area contributed by atoms with Crippen molar-refractivity contribution < 1.29 is 20.8 Å². The number of unbranched alkanes of at least 4 members (excludes halogenated alkanes) is 2. The summed E-state index contributed by atoms with van der Waals surface area (Å²) in [6.07, 6.45) is 7.44. The molecule has 0 unspecified atom stereocenters. The van der Waals surface area contributed by atoms with Crippen LogP contribution in [0.1, 0.15) is 101 Å². The minimum absolute atomic E-state index is 0.587. The molecule has 0 aliphatic carbocycles. The van der Waals surface area contributed by atoms with Crippen molar-refractivity contribution in [3.8, 4) is 22.3 Å². The number of halogens is 2. The van der Waals surface area contributed by atoms with Crippen LogP contribution in [0.15, 0.2) is 109 Å². The van der Waals surface area contributed by atoms with E-state index in [-0.39, 0.29) is 0 Å². The molecule has 0 atom stereocenters. The first-order valence-electron chi connectivity index (χ1n) is 18.3. The van der Waals surface area contributed by atoms with Crippen molar-refractivity contribution in [1.82, 2.24) is 0 Å². The van der Waals surface area contributed by atoms with Crippen molar-refractivity contribution in [1.29, 1.82) is 0 Å². The van der Waals surface area contributed by atoms with Gasteiger partial charge in [-0.15, -0.1) is 69.1 Å². The van der Waals surface area contributed by atoms with E-state index < -0.39 is 20.8 Å². The molecule has 0 spiro atoms. The molecule has 50 heavy (non-hydrogen) atoms. The van der Waals surface area contributed by atoms with E-state index in [9.17, 15) is 0 Å². The van der Waals surface area contributed by atoms with Crippen molar-refractivity contribution in [3.05, 3.63) is 131 Å². The number of hydrogen-bond donors (Lipinski definition) is 0. The van der Waals surface area contributed by atoms with Crippen molar-refractivity contribution in [2.75, 3.05) is 0 Å². The molecular formula is C46H56Cl2SiZr. The van der Waals surface area contributed by atoms with Crippen molar-refractivity contribution in [2.45, 2.75) is 105 Å². The quantitative estimate of drug-likeness (QED) is 0.0956. The molecule has 6 aromatic rings. The fraction of sp³-hybridized carbons (Fsp3) is 0.348. The predicted octanol–water partition coefficient (Wildman–Crippen LogP) is 15.5. The third-order valence-corrected chi connectivity index (χ3v) is 9.04. The van der Waals surface area contributed by atoms with Gasteiger partial charge in [-0.2, -0.15) is 12.1 Å². The van der Waals surface area contributed by atoms with Gasteiger partial charge in [0, 0.05) is 9.52 Å². The second-order valence-electron chi connectivity index (χ2n) is 13.7. The van der Waals surface area contributed by atoms with E-state index in [1.54, 1.807) is 0 Å². The molecule has 262 valence electrons. The van der Waals surface area contributed by atoms with Gasteiger partial charge >= 0.3 is 37.9 Å². The average Bonchev–Trinajstić information content (AvgIpc) is 3.75. The molecule has 0 aromatic heterocycles. The van der Waals surface area contributed by atoms with Gasteiger partial charge in [0.25, 0.3) is 0 Å². The average molecular weight is 799 g/mol. The van der Waals surface area contributed by atoms with Gasteiger partial charge in [-0.1, -0.05) is 152 Å². The summed E-state index contributed by atoms with van der Waals surface area (Å²) in [4.78, 5) is 0. The Balaban J connectivity index is 0.000000234. The summed E-state index contributed by atoms with van der Waals surface area (Å²) < 4.78 is 0. The Bertz CT molecular complexity index is 1670. The second kappa shape index (κ2) is 22.7. The van der Waals surface area contributed by atoms with Gasteiger partial charge in [-0.25, -0.2) is 0 Å². The molecule has 2 radical (unpaired) electrons. The number of fused-ring (bicyclic) bond motifs is 2. The van der Waals surface area contributed by atoms with Crippen LogP contribution >= 0.6 is 17.0 Å². The maximum absolute atomic E-state index is 4.93. The van der Waals surface area contributed by atoms with E-state index in [0.717, 1.165) is 9.52 Å². The van der Waals surface area contributed by atoms with E-state index >= 15 is 0 Å². The van der Waals surface area contributed by atoms with Crippen molar-refractivity contribution >= 4 is 48.1 Å². The van der Waals surface area contributed by atoms with Gasteiger partial charge in [0.15, 0.2) is 0 Å². The molecule has 0 aliphatic heterocycles. The number of benzene rings is 4. The zero-order valence-electron chi connectivity index (χ0n) is 31.5. The van der Waals surface area contributed by atoms with E-state index in [1.807, 2.05) is 0 Å². The minimum atomic E-state index is -0.826. The maximum atomic E-state index is 4.93. The number of aryl methyl sites for hydroxylation is 2. The molecule has 0 amide bonds. The normalized spacial score (nSPS) is 10.6. The summed E-state index contributed by atoms with van der Waals surface area (Å²) in [5.41, 5.74) is 11.1. The Labute approximate surface area is 325 Å². The van der Waals surface area contributed by atoms with Crippen LogP contribution in [0.3, 0.4) is 0 Å². The summed E-state index contributed by atoms with van der Waals surface area (Å²) >= 11 is -0.826. The molecule has 0 heterocycles. The van der Waals surface area contributed by atoms with E-state index in [1.165, 1.54) is 105 Å². The molecule has 0 fully saturated rings. The molecule has 0 saturated heterocycles. The first-order valence-corrected chi connectivity index (χ1v) is 26.7. The van der Waals surface area contributed by atoms with Crippen LogP contribution in [0.25, 0.3) is 43.8 Å². The van der Waals surface area contributed by atoms with E-state index in [4.69, 9.17) is 17.0 Å². The van der Waals surface area contributed by atoms with Crippen LogP contribution in [0.2, 0.25) is 13.1 Å². The van der Waals surface area contributed by atoms with Gasteiger partial charge in [-0.3, -0.25) is 0 Å². The summed E-state index contributed by atoms with van der Waals surface area (Å²) in [5.74, 6) is 1.17. The van der Waals surface area contributed by atoms with Crippen LogP contribution in [0, 0.1) is 0 Å². The summed E-state index contributed by atoms with van der Waals surface area (Å²) in [7, 11) is 11.0. The SMILES string of the molecule is CCCCc1cc2c(-c3ccc(C(C)C)cc3)cccc2[cH-]1.CCCCc1cc2c(-c3ccc(C(C)C)cc3)cccc2[cH-]1.C[Si]C.[Cl][Zr+2][Cl]. The Morgan fingerprint density at radius 1 is 0.580 bits per heavy atom. The summed E-state index contributed by atoms with van der Waals surface area (Å²) in [6, 6.07) is 40.9. The summed E-state index contributed by atoms with van der Waals surface area (Å²) in [5, 5.41) is 5.53. The molecule has 4 heteroatoms. The van der Waals surface area contributed by atoms with Gasteiger partial charge in [0.1, 0.15) is 0 Å². The second-order valence-corrected chi connectivity index (χ2v) is 18.4. The van der Waals surface area contributed by atoms with Crippen LogP contribution in [-0.4, -0.2) is 9.52 Å². The molecule has 0 N–H and O–H groups in total. The van der Waals surface area contributed by atoms with Crippen molar-refractivity contribution in [3.63, 3.8) is 0 Å². The molecule has 0 aliphatic rings. The van der Waals surface area contributed by atoms with Gasteiger partial charge in [-0.05, 0) is 46.9 Å². The summed E-state index contributed by atoms with van der Waals surface area (Å²) in [6.45, 7) is 17.8. The monoisotopic (exact) mass is 796 g/mol. The van der Waals surface area contributed by atoms with Crippen LogP contribution < -0.4 is 0 Å². The predicted molar refractivity (Wildman–Crippen MR) is 225 cm³/mol. The number of rotatable bonds is 10. The Morgan fingerprint density at radius 3 is 1.22 bits per heavy atom. The van der Waals surface area contributed by atoms with E-state index in [0.29, 0.717) is 11.8 Å². The molecule has 0 saturated carbocycles. The van der Waals surface area contributed by atoms with Gasteiger partial charge in [0.2, 0.25) is 0 Å². The van der Waals surface area contributed by atoms with Crippen LogP contribution in [0.5, 0.6) is 0 Å². The molecule has 0 nitrogen and oxygen atoms in total. The zero-order chi connectivity index (χ0) is 36.5. The Hall–Kier alpha value is -2.22. The molecular weight excluding hydrogens is 743 g/mol. The topological polar surface area (TPSA) is 0 Å². The third-order valence-electron chi connectivity index (χ3n) is 9.04. The fourth-order valence-electron chi connectivity index (χ4n) is 6.24. The number of hydrogen-bond acceptors (Lipinski definition) is 0. The fourth-order valence-corrected chi connectivity index (χ4v) is 6.24. The molecule has 6 rings (SSSR count). The first kappa shape index (κ1) is 42.2. The Morgan fingerprint density at radius 2 is 0.920 bits per heavy atom. The van der Waals surface area contributed by atoms with Crippen LogP contribution in [0.4, 0.5) is 0 Å². The Kier molecular flexibility index (Phi) is 19.1.